The van der Waals surface area contributed by atoms with Crippen LogP contribution in [0.5, 0.6) is 5.75 Å². The summed E-state index contributed by atoms with van der Waals surface area (Å²) in [4.78, 5) is 12.0. The molecule has 1 amide bonds. The third-order valence-corrected chi connectivity index (χ3v) is 2.99. The summed E-state index contributed by atoms with van der Waals surface area (Å²) in [5, 5.41) is 2.71. The second-order valence-electron chi connectivity index (χ2n) is 4.69. The first kappa shape index (κ1) is 15.0. The summed E-state index contributed by atoms with van der Waals surface area (Å²) in [5.41, 5.74) is 1.09. The summed E-state index contributed by atoms with van der Waals surface area (Å²) in [6, 6.07) is 12.6. The van der Waals surface area contributed by atoms with Crippen molar-refractivity contribution >= 4 is 11.6 Å². The van der Waals surface area contributed by atoms with Gasteiger partial charge in [-0.15, -0.1) is 0 Å². The molecule has 0 spiro atoms. The molecule has 0 heterocycles. The zero-order chi connectivity index (χ0) is 15.1. The van der Waals surface area contributed by atoms with Gasteiger partial charge in [0, 0.05) is 11.3 Å². The van der Waals surface area contributed by atoms with Crippen LogP contribution in [0.25, 0.3) is 0 Å². The van der Waals surface area contributed by atoms with Crippen LogP contribution >= 0.6 is 0 Å². The van der Waals surface area contributed by atoms with Gasteiger partial charge in [-0.05, 0) is 55.0 Å². The SMILES string of the molecule is CCCCOc1ccc(C(=O)Nc2ccc(F)cc2)cc1. The van der Waals surface area contributed by atoms with Crippen LogP contribution in [-0.2, 0) is 0 Å². The maximum absolute atomic E-state index is 12.8. The largest absolute Gasteiger partial charge is 0.494 e. The van der Waals surface area contributed by atoms with Crippen molar-refractivity contribution < 1.29 is 13.9 Å². The van der Waals surface area contributed by atoms with Crippen molar-refractivity contribution in [2.45, 2.75) is 19.8 Å². The van der Waals surface area contributed by atoms with Crippen molar-refractivity contribution in [2.75, 3.05) is 11.9 Å². The summed E-state index contributed by atoms with van der Waals surface area (Å²) < 4.78 is 18.3. The number of hydrogen-bond acceptors (Lipinski definition) is 2. The predicted octanol–water partition coefficient (Wildman–Crippen LogP) is 4.26. The van der Waals surface area contributed by atoms with Crippen LogP contribution in [0, 0.1) is 5.82 Å². The summed E-state index contributed by atoms with van der Waals surface area (Å²) in [5.74, 6) is 0.185. The quantitative estimate of drug-likeness (QED) is 0.806. The lowest BCUT2D eigenvalue weighted by molar-refractivity contribution is 0.102. The molecule has 0 atom stereocenters. The van der Waals surface area contributed by atoms with E-state index in [1.165, 1.54) is 24.3 Å². The van der Waals surface area contributed by atoms with Crippen molar-refractivity contribution in [1.29, 1.82) is 0 Å². The Morgan fingerprint density at radius 1 is 1.10 bits per heavy atom. The number of carbonyl (C=O) groups is 1. The summed E-state index contributed by atoms with van der Waals surface area (Å²) in [7, 11) is 0. The Morgan fingerprint density at radius 3 is 2.38 bits per heavy atom. The zero-order valence-electron chi connectivity index (χ0n) is 11.9. The first-order valence-electron chi connectivity index (χ1n) is 6.99. The van der Waals surface area contributed by atoms with Gasteiger partial charge >= 0.3 is 0 Å². The molecule has 2 aromatic rings. The van der Waals surface area contributed by atoms with E-state index in [0.717, 1.165) is 18.6 Å². The van der Waals surface area contributed by atoms with Crippen LogP contribution in [0.4, 0.5) is 10.1 Å². The molecule has 0 aliphatic carbocycles. The molecule has 0 aromatic heterocycles. The Morgan fingerprint density at radius 2 is 1.76 bits per heavy atom. The van der Waals surface area contributed by atoms with Crippen molar-refractivity contribution in [3.8, 4) is 5.75 Å². The number of unbranched alkanes of at least 4 members (excludes halogenated alkanes) is 1. The molecular weight excluding hydrogens is 269 g/mol. The number of anilines is 1. The smallest absolute Gasteiger partial charge is 0.255 e. The van der Waals surface area contributed by atoms with Crippen molar-refractivity contribution in [2.24, 2.45) is 0 Å². The van der Waals surface area contributed by atoms with Gasteiger partial charge in [0.1, 0.15) is 11.6 Å². The Hall–Kier alpha value is -2.36. The van der Waals surface area contributed by atoms with Gasteiger partial charge in [-0.25, -0.2) is 4.39 Å². The normalized spacial score (nSPS) is 10.2. The highest BCUT2D eigenvalue weighted by Crippen LogP contribution is 2.15. The third kappa shape index (κ3) is 4.60. The minimum atomic E-state index is -0.332. The average molecular weight is 287 g/mol. The van der Waals surface area contributed by atoms with Gasteiger partial charge in [-0.1, -0.05) is 13.3 Å². The highest BCUT2D eigenvalue weighted by molar-refractivity contribution is 6.04. The van der Waals surface area contributed by atoms with Crippen LogP contribution in [0.2, 0.25) is 0 Å². The van der Waals surface area contributed by atoms with Crippen LogP contribution in [-0.4, -0.2) is 12.5 Å². The number of carbonyl (C=O) groups excluding carboxylic acids is 1. The number of benzene rings is 2. The maximum atomic E-state index is 12.8. The third-order valence-electron chi connectivity index (χ3n) is 2.99. The van der Waals surface area contributed by atoms with Crippen molar-refractivity contribution in [3.05, 3.63) is 59.9 Å². The summed E-state index contributed by atoms with van der Waals surface area (Å²) >= 11 is 0. The standard InChI is InChI=1S/C17H18FNO2/c1-2-3-12-21-16-10-4-13(5-11-16)17(20)19-15-8-6-14(18)7-9-15/h4-11H,2-3,12H2,1H3,(H,19,20). The molecule has 0 fully saturated rings. The van der Waals surface area contributed by atoms with Crippen molar-refractivity contribution in [3.63, 3.8) is 0 Å². The number of nitrogens with one attached hydrogen (secondary N) is 1. The van der Waals surface area contributed by atoms with E-state index in [2.05, 4.69) is 12.2 Å². The molecule has 0 saturated carbocycles. The topological polar surface area (TPSA) is 38.3 Å². The molecule has 0 bridgehead atoms. The van der Waals surface area contributed by atoms with Gasteiger partial charge in [0.2, 0.25) is 0 Å². The Balaban J connectivity index is 1.94. The van der Waals surface area contributed by atoms with E-state index < -0.39 is 0 Å². The molecule has 0 radical (unpaired) electrons. The fourth-order valence-electron chi connectivity index (χ4n) is 1.77. The molecule has 2 aromatic carbocycles. The molecule has 110 valence electrons. The first-order valence-corrected chi connectivity index (χ1v) is 6.99. The van der Waals surface area contributed by atoms with E-state index in [-0.39, 0.29) is 11.7 Å². The molecule has 0 saturated heterocycles. The lowest BCUT2D eigenvalue weighted by Crippen LogP contribution is -2.11. The number of ether oxygens (including phenoxy) is 1. The zero-order valence-corrected chi connectivity index (χ0v) is 11.9. The van der Waals surface area contributed by atoms with E-state index in [4.69, 9.17) is 4.74 Å². The van der Waals surface area contributed by atoms with E-state index in [0.29, 0.717) is 17.9 Å². The lowest BCUT2D eigenvalue weighted by atomic mass is 10.2. The molecule has 0 aliphatic rings. The van der Waals surface area contributed by atoms with Crippen LogP contribution in [0.15, 0.2) is 48.5 Å². The molecule has 1 N–H and O–H groups in total. The Bertz CT molecular complexity index is 579. The predicted molar refractivity (Wildman–Crippen MR) is 81.2 cm³/mol. The van der Waals surface area contributed by atoms with Gasteiger partial charge in [-0.3, -0.25) is 4.79 Å². The molecule has 2 rings (SSSR count). The second-order valence-corrected chi connectivity index (χ2v) is 4.69. The molecule has 0 aliphatic heterocycles. The number of hydrogen-bond donors (Lipinski definition) is 1. The van der Waals surface area contributed by atoms with E-state index >= 15 is 0 Å². The molecule has 21 heavy (non-hydrogen) atoms. The number of rotatable bonds is 6. The maximum Gasteiger partial charge on any atom is 0.255 e. The van der Waals surface area contributed by atoms with Gasteiger partial charge in [-0.2, -0.15) is 0 Å². The molecule has 4 heteroatoms. The highest BCUT2D eigenvalue weighted by atomic mass is 19.1. The minimum absolute atomic E-state index is 0.235. The van der Waals surface area contributed by atoms with Crippen LogP contribution < -0.4 is 10.1 Å². The fraction of sp³-hybridized carbons (Fsp3) is 0.235. The second kappa shape index (κ2) is 7.43. The Kier molecular flexibility index (Phi) is 5.32. The molecule has 3 nitrogen and oxygen atoms in total. The monoisotopic (exact) mass is 287 g/mol. The van der Waals surface area contributed by atoms with Crippen molar-refractivity contribution in [1.82, 2.24) is 0 Å². The first-order chi connectivity index (χ1) is 10.2. The molecular formula is C17H18FNO2. The lowest BCUT2D eigenvalue weighted by Gasteiger charge is -2.07. The highest BCUT2D eigenvalue weighted by Gasteiger charge is 2.06. The van der Waals surface area contributed by atoms with Crippen LogP contribution in [0.1, 0.15) is 30.1 Å². The van der Waals surface area contributed by atoms with E-state index in [1.54, 1.807) is 24.3 Å². The van der Waals surface area contributed by atoms with Gasteiger partial charge in [0.25, 0.3) is 5.91 Å². The number of halogens is 1. The van der Waals surface area contributed by atoms with Gasteiger partial charge in [0.05, 0.1) is 6.61 Å². The minimum Gasteiger partial charge on any atom is -0.494 e. The summed E-state index contributed by atoms with van der Waals surface area (Å²) in [6.07, 6.45) is 2.09. The average Bonchev–Trinajstić information content (AvgIpc) is 2.50. The fourth-order valence-corrected chi connectivity index (χ4v) is 1.77. The molecule has 0 unspecified atom stereocenters. The van der Waals surface area contributed by atoms with E-state index in [1.807, 2.05) is 0 Å². The van der Waals surface area contributed by atoms with Gasteiger partial charge < -0.3 is 10.1 Å². The number of amides is 1. The van der Waals surface area contributed by atoms with E-state index in [9.17, 15) is 9.18 Å². The van der Waals surface area contributed by atoms with Crippen LogP contribution in [0.3, 0.4) is 0 Å². The summed E-state index contributed by atoms with van der Waals surface area (Å²) in [6.45, 7) is 2.78. The van der Waals surface area contributed by atoms with Gasteiger partial charge in [0.15, 0.2) is 0 Å². The Labute approximate surface area is 123 Å².